The van der Waals surface area contributed by atoms with Crippen molar-refractivity contribution in [2.75, 3.05) is 5.32 Å². The molecule has 0 spiro atoms. The summed E-state index contributed by atoms with van der Waals surface area (Å²) >= 11 is 3.24. The Kier molecular flexibility index (Phi) is 3.28. The Morgan fingerprint density at radius 3 is 2.47 bits per heavy atom. The fourth-order valence-electron chi connectivity index (χ4n) is 3.43. The molecule has 2 saturated carbocycles. The van der Waals surface area contributed by atoms with Gasteiger partial charge in [-0.15, -0.1) is 0 Å². The zero-order chi connectivity index (χ0) is 13.6. The first-order valence-corrected chi connectivity index (χ1v) is 7.36. The van der Waals surface area contributed by atoms with Gasteiger partial charge >= 0.3 is 6.18 Å². The molecule has 5 heteroatoms. The topological polar surface area (TPSA) is 12.0 Å². The van der Waals surface area contributed by atoms with Crippen LogP contribution in [0.3, 0.4) is 0 Å². The molecule has 0 amide bonds. The van der Waals surface area contributed by atoms with Crippen molar-refractivity contribution >= 4 is 21.6 Å². The molecule has 2 aliphatic rings. The van der Waals surface area contributed by atoms with Crippen molar-refractivity contribution < 1.29 is 13.2 Å². The minimum atomic E-state index is -4.28. The van der Waals surface area contributed by atoms with Gasteiger partial charge in [0.2, 0.25) is 0 Å². The molecular weight excluding hydrogens is 319 g/mol. The third-order valence-corrected chi connectivity index (χ3v) is 5.03. The molecular formula is C14H15BrF3N. The number of alkyl halides is 3. The molecule has 1 aromatic carbocycles. The molecule has 3 rings (SSSR count). The summed E-state index contributed by atoms with van der Waals surface area (Å²) in [7, 11) is 0. The van der Waals surface area contributed by atoms with E-state index in [1.807, 2.05) is 0 Å². The quantitative estimate of drug-likeness (QED) is 0.796. The lowest BCUT2D eigenvalue weighted by Crippen LogP contribution is -2.26. The minimum Gasteiger partial charge on any atom is -0.381 e. The van der Waals surface area contributed by atoms with Crippen molar-refractivity contribution in [2.45, 2.75) is 37.9 Å². The van der Waals surface area contributed by atoms with E-state index in [0.717, 1.165) is 30.2 Å². The van der Waals surface area contributed by atoms with Gasteiger partial charge in [0.05, 0.1) is 5.56 Å². The Hall–Kier alpha value is -0.710. The molecule has 0 saturated heterocycles. The highest BCUT2D eigenvalue weighted by atomic mass is 79.9. The third kappa shape index (κ3) is 2.62. The van der Waals surface area contributed by atoms with Gasteiger partial charge in [0.25, 0.3) is 0 Å². The fraction of sp³-hybridized carbons (Fsp3) is 0.571. The van der Waals surface area contributed by atoms with E-state index in [1.54, 1.807) is 0 Å². The molecule has 19 heavy (non-hydrogen) atoms. The number of fused-ring (bicyclic) bond motifs is 2. The highest BCUT2D eigenvalue weighted by Crippen LogP contribution is 2.46. The monoisotopic (exact) mass is 333 g/mol. The van der Waals surface area contributed by atoms with E-state index in [-0.39, 0.29) is 0 Å². The second-order valence-electron chi connectivity index (χ2n) is 5.62. The minimum absolute atomic E-state index is 0.423. The largest absolute Gasteiger partial charge is 0.416 e. The first-order valence-electron chi connectivity index (χ1n) is 6.57. The maximum absolute atomic E-state index is 12.6. The van der Waals surface area contributed by atoms with Crippen LogP contribution in [0.25, 0.3) is 0 Å². The summed E-state index contributed by atoms with van der Waals surface area (Å²) in [6, 6.07) is 4.24. The Balaban J connectivity index is 1.75. The Bertz CT molecular complexity index is 486. The van der Waals surface area contributed by atoms with Crippen molar-refractivity contribution in [3.8, 4) is 0 Å². The van der Waals surface area contributed by atoms with Crippen LogP contribution in [0.5, 0.6) is 0 Å². The van der Waals surface area contributed by atoms with Gasteiger partial charge in [0.1, 0.15) is 0 Å². The lowest BCUT2D eigenvalue weighted by Gasteiger charge is -2.25. The van der Waals surface area contributed by atoms with Gasteiger partial charge in [-0.1, -0.05) is 6.42 Å². The van der Waals surface area contributed by atoms with Crippen LogP contribution in [-0.4, -0.2) is 6.04 Å². The third-order valence-electron chi connectivity index (χ3n) is 4.38. The average molecular weight is 334 g/mol. The molecule has 0 aliphatic heterocycles. The number of anilines is 1. The summed E-state index contributed by atoms with van der Waals surface area (Å²) in [4.78, 5) is 0. The summed E-state index contributed by atoms with van der Waals surface area (Å²) in [5.41, 5.74) is 0.156. The van der Waals surface area contributed by atoms with Crippen molar-refractivity contribution in [3.63, 3.8) is 0 Å². The van der Waals surface area contributed by atoms with Crippen LogP contribution >= 0.6 is 15.9 Å². The number of nitrogens with one attached hydrogen (secondary N) is 1. The Morgan fingerprint density at radius 1 is 1.16 bits per heavy atom. The smallest absolute Gasteiger partial charge is 0.381 e. The lowest BCUT2D eigenvalue weighted by molar-refractivity contribution is -0.137. The van der Waals surface area contributed by atoms with Gasteiger partial charge in [0, 0.05) is 16.2 Å². The standard InChI is InChI=1S/C14H15BrF3N/c15-11-7-10(14(16,17)18)3-4-12(11)19-13-6-8-1-2-9(13)5-8/h3-4,7-9,13,19H,1-2,5-6H2. The lowest BCUT2D eigenvalue weighted by atomic mass is 9.95. The van der Waals surface area contributed by atoms with E-state index >= 15 is 0 Å². The molecule has 0 heterocycles. The second kappa shape index (κ2) is 4.69. The number of rotatable bonds is 2. The molecule has 104 valence electrons. The molecule has 0 radical (unpaired) electrons. The van der Waals surface area contributed by atoms with Crippen molar-refractivity contribution in [3.05, 3.63) is 28.2 Å². The summed E-state index contributed by atoms with van der Waals surface area (Å²) in [5, 5.41) is 3.41. The first-order chi connectivity index (χ1) is 8.93. The zero-order valence-electron chi connectivity index (χ0n) is 10.3. The van der Waals surface area contributed by atoms with Crippen LogP contribution in [0.4, 0.5) is 18.9 Å². The maximum Gasteiger partial charge on any atom is 0.416 e. The molecule has 2 bridgehead atoms. The molecule has 1 N–H and O–H groups in total. The van der Waals surface area contributed by atoms with E-state index < -0.39 is 11.7 Å². The van der Waals surface area contributed by atoms with Crippen LogP contribution in [0.15, 0.2) is 22.7 Å². The molecule has 2 fully saturated rings. The second-order valence-corrected chi connectivity index (χ2v) is 6.47. The number of halogens is 4. The van der Waals surface area contributed by atoms with Gasteiger partial charge in [-0.2, -0.15) is 13.2 Å². The summed E-state index contributed by atoms with van der Waals surface area (Å²) in [6.45, 7) is 0. The molecule has 1 aromatic rings. The zero-order valence-corrected chi connectivity index (χ0v) is 11.9. The Labute approximate surface area is 118 Å². The first kappa shape index (κ1) is 13.3. The molecule has 0 aromatic heterocycles. The Morgan fingerprint density at radius 2 is 1.95 bits per heavy atom. The molecule has 2 aliphatic carbocycles. The number of hydrogen-bond donors (Lipinski definition) is 1. The van der Waals surface area contributed by atoms with Crippen LogP contribution in [-0.2, 0) is 6.18 Å². The van der Waals surface area contributed by atoms with E-state index in [4.69, 9.17) is 0 Å². The van der Waals surface area contributed by atoms with Gasteiger partial charge < -0.3 is 5.32 Å². The maximum atomic E-state index is 12.6. The summed E-state index contributed by atoms with van der Waals surface area (Å²) in [5.74, 6) is 1.51. The van der Waals surface area contributed by atoms with Gasteiger partial charge in [-0.25, -0.2) is 0 Å². The molecule has 3 unspecified atom stereocenters. The van der Waals surface area contributed by atoms with Crippen LogP contribution in [0, 0.1) is 11.8 Å². The van der Waals surface area contributed by atoms with Crippen LogP contribution in [0.2, 0.25) is 0 Å². The van der Waals surface area contributed by atoms with E-state index in [2.05, 4.69) is 21.2 Å². The molecule has 3 atom stereocenters. The van der Waals surface area contributed by atoms with E-state index in [0.29, 0.717) is 16.4 Å². The average Bonchev–Trinajstić information content (AvgIpc) is 2.92. The molecule has 1 nitrogen and oxygen atoms in total. The highest BCUT2D eigenvalue weighted by Gasteiger charge is 2.39. The van der Waals surface area contributed by atoms with Crippen molar-refractivity contribution in [1.29, 1.82) is 0 Å². The van der Waals surface area contributed by atoms with Crippen LogP contribution < -0.4 is 5.32 Å². The van der Waals surface area contributed by atoms with Crippen LogP contribution in [0.1, 0.15) is 31.2 Å². The normalized spacial score (nSPS) is 29.8. The van der Waals surface area contributed by atoms with Crippen molar-refractivity contribution in [2.24, 2.45) is 11.8 Å². The van der Waals surface area contributed by atoms with Gasteiger partial charge in [-0.05, 0) is 65.2 Å². The van der Waals surface area contributed by atoms with Gasteiger partial charge in [0.15, 0.2) is 0 Å². The highest BCUT2D eigenvalue weighted by molar-refractivity contribution is 9.10. The fourth-order valence-corrected chi connectivity index (χ4v) is 3.92. The van der Waals surface area contributed by atoms with E-state index in [1.165, 1.54) is 25.3 Å². The number of benzene rings is 1. The summed E-state index contributed by atoms with van der Waals surface area (Å²) in [6.07, 6.45) is 0.707. The summed E-state index contributed by atoms with van der Waals surface area (Å²) < 4.78 is 38.2. The predicted octanol–water partition coefficient (Wildman–Crippen LogP) is 5.07. The van der Waals surface area contributed by atoms with E-state index in [9.17, 15) is 13.2 Å². The van der Waals surface area contributed by atoms with Gasteiger partial charge in [-0.3, -0.25) is 0 Å². The van der Waals surface area contributed by atoms with Crippen molar-refractivity contribution in [1.82, 2.24) is 0 Å². The number of hydrogen-bond acceptors (Lipinski definition) is 1. The SMILES string of the molecule is FC(F)(F)c1ccc(NC2CC3CCC2C3)c(Br)c1. The predicted molar refractivity (Wildman–Crippen MR) is 72.0 cm³/mol.